The number of nitrogens with one attached hydrogen (secondary N) is 2. The highest BCUT2D eigenvalue weighted by atomic mass is 32.2. The number of aromatic amines is 1. The fourth-order valence-electron chi connectivity index (χ4n) is 1.37. The van der Waals surface area contributed by atoms with Crippen LogP contribution in [-0.4, -0.2) is 31.2 Å². The van der Waals surface area contributed by atoms with Crippen molar-refractivity contribution in [2.24, 2.45) is 0 Å². The van der Waals surface area contributed by atoms with E-state index in [1.54, 1.807) is 0 Å². The van der Waals surface area contributed by atoms with Gasteiger partial charge in [0.05, 0.1) is 0 Å². The van der Waals surface area contributed by atoms with Gasteiger partial charge in [0.1, 0.15) is 6.33 Å². The minimum absolute atomic E-state index is 0.678. The molecule has 7 heteroatoms. The predicted molar refractivity (Wildman–Crippen MR) is 62.4 cm³/mol. The van der Waals surface area contributed by atoms with Crippen molar-refractivity contribution in [2.75, 3.05) is 0 Å². The maximum absolute atomic E-state index is 4.28. The Labute approximate surface area is 103 Å². The summed E-state index contributed by atoms with van der Waals surface area (Å²) in [6.45, 7) is 0.845. The molecule has 1 saturated carbocycles. The van der Waals surface area contributed by atoms with Crippen LogP contribution in [-0.2, 0) is 6.54 Å². The summed E-state index contributed by atoms with van der Waals surface area (Å²) in [7, 11) is 0. The van der Waals surface area contributed by atoms with Crippen LogP contribution in [0.1, 0.15) is 18.4 Å². The molecule has 0 saturated heterocycles. The Morgan fingerprint density at radius 1 is 1.29 bits per heavy atom. The van der Waals surface area contributed by atoms with E-state index in [4.69, 9.17) is 0 Å². The first kappa shape index (κ1) is 10.7. The van der Waals surface area contributed by atoms with Gasteiger partial charge in [-0.2, -0.15) is 5.10 Å². The third kappa shape index (κ3) is 3.01. The third-order valence-electron chi connectivity index (χ3n) is 2.43. The molecule has 2 aromatic rings. The summed E-state index contributed by atoms with van der Waals surface area (Å²) < 4.78 is 0. The van der Waals surface area contributed by atoms with E-state index < -0.39 is 0 Å². The summed E-state index contributed by atoms with van der Waals surface area (Å²) in [5.41, 5.74) is 1.11. The molecule has 0 aliphatic heterocycles. The van der Waals surface area contributed by atoms with Crippen molar-refractivity contribution in [2.45, 2.75) is 35.7 Å². The van der Waals surface area contributed by atoms with Crippen LogP contribution >= 0.6 is 11.8 Å². The lowest BCUT2D eigenvalue weighted by Crippen LogP contribution is -2.15. The fourth-order valence-corrected chi connectivity index (χ4v) is 1.95. The van der Waals surface area contributed by atoms with Gasteiger partial charge in [-0.05, 0) is 24.6 Å². The van der Waals surface area contributed by atoms with E-state index in [1.807, 2.05) is 12.4 Å². The Hall–Kier alpha value is -1.47. The molecule has 0 aromatic carbocycles. The first-order valence-electron chi connectivity index (χ1n) is 5.48. The first-order chi connectivity index (χ1) is 8.40. The summed E-state index contributed by atoms with van der Waals surface area (Å²) >= 11 is 1.37. The lowest BCUT2D eigenvalue weighted by atomic mass is 10.3. The number of nitrogens with zero attached hydrogens (tertiary/aromatic N) is 4. The number of rotatable bonds is 5. The average molecular weight is 248 g/mol. The van der Waals surface area contributed by atoms with Crippen LogP contribution in [0.4, 0.5) is 0 Å². The van der Waals surface area contributed by atoms with Gasteiger partial charge in [0.15, 0.2) is 10.3 Å². The van der Waals surface area contributed by atoms with Gasteiger partial charge in [-0.25, -0.2) is 15.0 Å². The number of hydrogen-bond acceptors (Lipinski definition) is 6. The molecule has 2 aromatic heterocycles. The normalized spacial score (nSPS) is 15.1. The average Bonchev–Trinajstić information content (AvgIpc) is 3.05. The molecule has 0 bridgehead atoms. The molecular weight excluding hydrogens is 236 g/mol. The van der Waals surface area contributed by atoms with Crippen LogP contribution < -0.4 is 5.32 Å². The van der Waals surface area contributed by atoms with E-state index in [0.717, 1.165) is 12.1 Å². The lowest BCUT2D eigenvalue weighted by Gasteiger charge is -2.02. The molecule has 1 aliphatic carbocycles. The van der Waals surface area contributed by atoms with E-state index in [9.17, 15) is 0 Å². The largest absolute Gasteiger partial charge is 0.310 e. The monoisotopic (exact) mass is 248 g/mol. The van der Waals surface area contributed by atoms with Gasteiger partial charge in [0, 0.05) is 30.5 Å². The van der Waals surface area contributed by atoms with Crippen molar-refractivity contribution in [1.82, 2.24) is 30.5 Å². The van der Waals surface area contributed by atoms with E-state index in [1.165, 1.54) is 30.9 Å². The van der Waals surface area contributed by atoms with Crippen molar-refractivity contribution >= 4 is 11.8 Å². The van der Waals surface area contributed by atoms with Gasteiger partial charge >= 0.3 is 0 Å². The maximum atomic E-state index is 4.28. The van der Waals surface area contributed by atoms with Crippen molar-refractivity contribution < 1.29 is 0 Å². The SMILES string of the molecule is c1n[nH]c(Sc2ncc(CNC3CC3)cn2)n1. The molecule has 0 amide bonds. The Bertz CT molecular complexity index is 464. The number of hydrogen-bond donors (Lipinski definition) is 2. The third-order valence-corrected chi connectivity index (χ3v) is 3.22. The Morgan fingerprint density at radius 2 is 2.12 bits per heavy atom. The van der Waals surface area contributed by atoms with Crippen molar-refractivity contribution in [3.63, 3.8) is 0 Å². The zero-order valence-electron chi connectivity index (χ0n) is 9.13. The van der Waals surface area contributed by atoms with Crippen LogP contribution in [0.3, 0.4) is 0 Å². The number of aromatic nitrogens is 5. The van der Waals surface area contributed by atoms with Crippen LogP contribution in [0.2, 0.25) is 0 Å². The minimum Gasteiger partial charge on any atom is -0.310 e. The van der Waals surface area contributed by atoms with Gasteiger partial charge in [-0.3, -0.25) is 5.10 Å². The highest BCUT2D eigenvalue weighted by Gasteiger charge is 2.19. The molecule has 1 aliphatic rings. The zero-order valence-corrected chi connectivity index (χ0v) is 9.94. The van der Waals surface area contributed by atoms with Crippen molar-refractivity contribution in [1.29, 1.82) is 0 Å². The molecule has 0 radical (unpaired) electrons. The summed E-state index contributed by atoms with van der Waals surface area (Å²) in [5.74, 6) is 0. The van der Waals surface area contributed by atoms with Crippen LogP contribution in [0, 0.1) is 0 Å². The van der Waals surface area contributed by atoms with Gasteiger partial charge in [-0.15, -0.1) is 0 Å². The van der Waals surface area contributed by atoms with Gasteiger partial charge in [-0.1, -0.05) is 0 Å². The molecule has 2 N–H and O–H groups in total. The first-order valence-corrected chi connectivity index (χ1v) is 6.29. The van der Waals surface area contributed by atoms with Gasteiger partial charge in [0.2, 0.25) is 0 Å². The van der Waals surface area contributed by atoms with Crippen LogP contribution in [0.25, 0.3) is 0 Å². The molecule has 3 rings (SSSR count). The van der Waals surface area contributed by atoms with Gasteiger partial charge < -0.3 is 5.32 Å². The molecule has 0 atom stereocenters. The second-order valence-electron chi connectivity index (χ2n) is 3.92. The highest BCUT2D eigenvalue weighted by Crippen LogP contribution is 2.20. The Morgan fingerprint density at radius 3 is 2.76 bits per heavy atom. The molecular formula is C10H12N6S. The Balaban J connectivity index is 1.58. The van der Waals surface area contributed by atoms with Crippen molar-refractivity contribution in [3.05, 3.63) is 24.3 Å². The molecule has 0 unspecified atom stereocenters. The molecule has 6 nitrogen and oxygen atoms in total. The second-order valence-corrected chi connectivity index (χ2v) is 4.88. The number of H-pyrrole nitrogens is 1. The van der Waals surface area contributed by atoms with E-state index >= 15 is 0 Å². The quantitative estimate of drug-likeness (QED) is 0.768. The summed E-state index contributed by atoms with van der Waals surface area (Å²) in [6.07, 6.45) is 7.75. The molecule has 0 spiro atoms. The minimum atomic E-state index is 0.678. The van der Waals surface area contributed by atoms with Crippen LogP contribution in [0.15, 0.2) is 29.0 Å². The summed E-state index contributed by atoms with van der Waals surface area (Å²) in [6, 6.07) is 0.707. The summed E-state index contributed by atoms with van der Waals surface area (Å²) in [5, 5.41) is 11.3. The van der Waals surface area contributed by atoms with E-state index in [-0.39, 0.29) is 0 Å². The molecule has 88 valence electrons. The van der Waals surface area contributed by atoms with Gasteiger partial charge in [0.25, 0.3) is 0 Å². The predicted octanol–water partition coefficient (Wildman–Crippen LogP) is 0.998. The van der Waals surface area contributed by atoms with Crippen LogP contribution in [0.5, 0.6) is 0 Å². The fraction of sp³-hybridized carbons (Fsp3) is 0.400. The molecule has 1 fully saturated rings. The topological polar surface area (TPSA) is 79.4 Å². The molecule has 17 heavy (non-hydrogen) atoms. The standard InChI is InChI=1S/C10H12N6S/c1-2-8(1)11-3-7-4-12-9(13-5-7)17-10-14-6-15-16-10/h4-6,8,11H,1-3H2,(H,14,15,16). The van der Waals surface area contributed by atoms with E-state index in [0.29, 0.717) is 16.4 Å². The summed E-state index contributed by atoms with van der Waals surface area (Å²) in [4.78, 5) is 12.6. The van der Waals surface area contributed by atoms with Crippen molar-refractivity contribution in [3.8, 4) is 0 Å². The van der Waals surface area contributed by atoms with E-state index in [2.05, 4.69) is 30.5 Å². The molecule has 2 heterocycles. The zero-order chi connectivity index (χ0) is 11.5. The highest BCUT2D eigenvalue weighted by molar-refractivity contribution is 7.99. The second kappa shape index (κ2) is 4.80. The Kier molecular flexibility index (Phi) is 3.02. The smallest absolute Gasteiger partial charge is 0.195 e. The lowest BCUT2D eigenvalue weighted by molar-refractivity contribution is 0.680. The maximum Gasteiger partial charge on any atom is 0.195 e.